The van der Waals surface area contributed by atoms with Crippen LogP contribution in [0.5, 0.6) is 0 Å². The fraction of sp³-hybridized carbons (Fsp3) is 0.375. The zero-order valence-corrected chi connectivity index (χ0v) is 24.7. The molecule has 10 nitrogen and oxygen atoms in total. The van der Waals surface area contributed by atoms with Gasteiger partial charge in [0.2, 0.25) is 5.89 Å². The van der Waals surface area contributed by atoms with Gasteiger partial charge in [-0.15, -0.1) is 11.3 Å². The lowest BCUT2D eigenvalue weighted by molar-refractivity contribution is 0.0714. The van der Waals surface area contributed by atoms with Gasteiger partial charge in [-0.1, -0.05) is 30.3 Å². The Morgan fingerprint density at radius 1 is 1.21 bits per heavy atom. The highest BCUT2D eigenvalue weighted by atomic mass is 32.1. The van der Waals surface area contributed by atoms with Gasteiger partial charge in [-0.05, 0) is 56.4 Å². The highest BCUT2D eigenvalue weighted by Crippen LogP contribution is 2.35. The third-order valence-corrected chi connectivity index (χ3v) is 9.20. The molecule has 2 aliphatic rings. The van der Waals surface area contributed by atoms with Crippen LogP contribution in [0.3, 0.4) is 0 Å². The molecule has 6 rings (SSSR count). The van der Waals surface area contributed by atoms with Crippen molar-refractivity contribution in [3.8, 4) is 11.5 Å². The summed E-state index contributed by atoms with van der Waals surface area (Å²) in [6, 6.07) is 13.4. The van der Waals surface area contributed by atoms with E-state index in [4.69, 9.17) is 4.42 Å². The van der Waals surface area contributed by atoms with E-state index in [1.807, 2.05) is 47.5 Å². The van der Waals surface area contributed by atoms with Crippen molar-refractivity contribution in [2.45, 2.75) is 62.9 Å². The monoisotopic (exact) mass is 601 g/mol. The van der Waals surface area contributed by atoms with Crippen molar-refractivity contribution in [2.75, 3.05) is 13.1 Å². The molecule has 11 heteroatoms. The zero-order chi connectivity index (χ0) is 29.9. The molecule has 2 aliphatic heterocycles. The highest BCUT2D eigenvalue weighted by Gasteiger charge is 2.35. The number of nitrogens with zero attached hydrogens (tertiary/aromatic N) is 3. The van der Waals surface area contributed by atoms with E-state index in [0.717, 1.165) is 29.1 Å². The lowest BCUT2D eigenvalue weighted by Gasteiger charge is -2.29. The van der Waals surface area contributed by atoms with Gasteiger partial charge in [-0.2, -0.15) is 0 Å². The van der Waals surface area contributed by atoms with E-state index in [0.29, 0.717) is 42.9 Å². The highest BCUT2D eigenvalue weighted by molar-refractivity contribution is 7.09. The number of nitrogens with one attached hydrogen (secondary N) is 2. The predicted molar refractivity (Wildman–Crippen MR) is 162 cm³/mol. The Kier molecular flexibility index (Phi) is 8.66. The minimum Gasteiger partial charge on any atom is -0.445 e. The first-order chi connectivity index (χ1) is 20.9. The van der Waals surface area contributed by atoms with Gasteiger partial charge in [0, 0.05) is 46.9 Å². The van der Waals surface area contributed by atoms with E-state index >= 15 is 0 Å². The van der Waals surface area contributed by atoms with Crippen molar-refractivity contribution < 1.29 is 24.2 Å². The van der Waals surface area contributed by atoms with Crippen LogP contribution < -0.4 is 10.6 Å². The predicted octanol–water partition coefficient (Wildman–Crippen LogP) is 3.51. The van der Waals surface area contributed by atoms with Crippen LogP contribution >= 0.6 is 11.3 Å². The number of oxazole rings is 1. The van der Waals surface area contributed by atoms with Crippen molar-refractivity contribution in [1.82, 2.24) is 25.5 Å². The van der Waals surface area contributed by atoms with Gasteiger partial charge in [-0.25, -0.2) is 9.97 Å². The summed E-state index contributed by atoms with van der Waals surface area (Å²) >= 11 is 1.55. The molecule has 0 bridgehead atoms. The first-order valence-electron chi connectivity index (χ1n) is 14.6. The van der Waals surface area contributed by atoms with Gasteiger partial charge in [0.1, 0.15) is 11.3 Å². The van der Waals surface area contributed by atoms with Gasteiger partial charge in [-0.3, -0.25) is 9.59 Å². The summed E-state index contributed by atoms with van der Waals surface area (Å²) in [5.41, 5.74) is 2.99. The Morgan fingerprint density at radius 3 is 2.72 bits per heavy atom. The fourth-order valence-corrected chi connectivity index (χ4v) is 6.94. The number of carbonyl (C=O) groups is 2. The molecule has 0 spiro atoms. The van der Waals surface area contributed by atoms with Crippen LogP contribution in [-0.2, 0) is 6.42 Å². The van der Waals surface area contributed by atoms with Gasteiger partial charge in [0.25, 0.3) is 11.8 Å². The molecule has 0 radical (unpaired) electrons. The number of β-amino-alcohol motifs (C(OH)–C–C–N with tert-alkyl or cyclic N) is 1. The second-order valence-electron chi connectivity index (χ2n) is 11.3. The van der Waals surface area contributed by atoms with Crippen molar-refractivity contribution in [3.63, 3.8) is 0 Å². The molecule has 4 heterocycles. The standard InChI is InChI=1S/C32H35N5O5S/c1-19-18-43-31(35-19)27-8-5-10-37(27)32(41)23-14-21(13-22(15-23)30-33-9-11-42-30)29(40)36-26(12-20-6-3-2-4-7-20)28(39)25-16-24(38)17-34-25/h2-4,6-7,9,11,13-15,18,24-28,34,38-39H,5,8,10,12,16-17H2,1H3,(H,36,40)/t24-,25-,26+,27-,28+/m1/s1. The molecule has 43 heavy (non-hydrogen) atoms. The number of thiazole rings is 1. The Balaban J connectivity index is 1.30. The number of hydrogen-bond acceptors (Lipinski definition) is 9. The van der Waals surface area contributed by atoms with Crippen molar-refractivity contribution in [1.29, 1.82) is 0 Å². The summed E-state index contributed by atoms with van der Waals surface area (Å²) in [6.07, 6.45) is 3.91. The van der Waals surface area contributed by atoms with Crippen molar-refractivity contribution in [3.05, 3.63) is 93.8 Å². The molecular formula is C32H35N5O5S. The number of likely N-dealkylation sites (tertiary alicyclic amines) is 1. The van der Waals surface area contributed by atoms with Gasteiger partial charge in [0.15, 0.2) is 0 Å². The van der Waals surface area contributed by atoms with Crippen LogP contribution in [0.1, 0.15) is 62.3 Å². The number of aryl methyl sites for hydroxylation is 1. The second-order valence-corrected chi connectivity index (χ2v) is 12.2. The normalized spacial score (nSPS) is 21.6. The van der Waals surface area contributed by atoms with E-state index in [-0.39, 0.29) is 23.6 Å². The number of hydrogen-bond donors (Lipinski definition) is 4. The van der Waals surface area contributed by atoms with E-state index in [1.54, 1.807) is 29.5 Å². The second kappa shape index (κ2) is 12.8. The molecule has 2 aromatic heterocycles. The van der Waals surface area contributed by atoms with E-state index < -0.39 is 24.2 Å². The lowest BCUT2D eigenvalue weighted by Crippen LogP contribution is -2.52. The topological polar surface area (TPSA) is 141 Å². The average molecular weight is 602 g/mol. The smallest absolute Gasteiger partial charge is 0.254 e. The molecule has 2 saturated heterocycles. The average Bonchev–Trinajstić information content (AvgIpc) is 3.84. The van der Waals surface area contributed by atoms with Crippen LogP contribution in [0.25, 0.3) is 11.5 Å². The van der Waals surface area contributed by atoms with Crippen LogP contribution in [0.2, 0.25) is 0 Å². The summed E-state index contributed by atoms with van der Waals surface area (Å²) in [7, 11) is 0. The SMILES string of the molecule is Cc1csc([C@H]2CCCN2C(=O)c2cc(C(=O)N[C@@H](Cc3ccccc3)[C@@H](O)[C@H]3C[C@@H](O)CN3)cc(-c3ncco3)c2)n1. The molecule has 4 N–H and O–H groups in total. The fourth-order valence-electron chi connectivity index (χ4n) is 5.99. The first-order valence-corrected chi connectivity index (χ1v) is 15.5. The molecule has 224 valence electrons. The Morgan fingerprint density at radius 2 is 2.02 bits per heavy atom. The number of aliphatic hydroxyl groups excluding tert-OH is 2. The molecule has 0 saturated carbocycles. The summed E-state index contributed by atoms with van der Waals surface area (Å²) < 4.78 is 5.54. The summed E-state index contributed by atoms with van der Waals surface area (Å²) in [5, 5.41) is 30.5. The Bertz CT molecular complexity index is 1560. The molecule has 2 fully saturated rings. The molecule has 4 aromatic rings. The maximum atomic E-state index is 14.0. The first kappa shape index (κ1) is 29.2. The lowest BCUT2D eigenvalue weighted by atomic mass is 9.94. The zero-order valence-electron chi connectivity index (χ0n) is 23.8. The number of aromatic nitrogens is 2. The molecular weight excluding hydrogens is 566 g/mol. The third-order valence-electron chi connectivity index (χ3n) is 8.14. The number of rotatable bonds is 9. The number of amides is 2. The molecule has 5 atom stereocenters. The number of carbonyl (C=O) groups excluding carboxylic acids is 2. The van der Waals surface area contributed by atoms with Crippen LogP contribution in [0.15, 0.2) is 70.8 Å². The van der Waals surface area contributed by atoms with Crippen LogP contribution in [0, 0.1) is 6.92 Å². The van der Waals surface area contributed by atoms with Crippen molar-refractivity contribution in [2.24, 2.45) is 0 Å². The van der Waals surface area contributed by atoms with Crippen molar-refractivity contribution >= 4 is 23.2 Å². The maximum absolute atomic E-state index is 14.0. The van der Waals surface area contributed by atoms with E-state index in [1.165, 1.54) is 12.5 Å². The summed E-state index contributed by atoms with van der Waals surface area (Å²) in [6.45, 7) is 2.92. The number of aliphatic hydroxyl groups is 2. The van der Waals surface area contributed by atoms with Crippen LogP contribution in [0.4, 0.5) is 0 Å². The molecule has 0 unspecified atom stereocenters. The quantitative estimate of drug-likeness (QED) is 0.229. The largest absolute Gasteiger partial charge is 0.445 e. The number of benzene rings is 2. The Labute approximate surface area is 253 Å². The maximum Gasteiger partial charge on any atom is 0.254 e. The minimum absolute atomic E-state index is 0.117. The molecule has 0 aliphatic carbocycles. The Hall–Kier alpha value is -3.90. The molecule has 2 amide bonds. The summed E-state index contributed by atoms with van der Waals surface area (Å²) in [5.74, 6) is -0.334. The van der Waals surface area contributed by atoms with Gasteiger partial charge < -0.3 is 30.2 Å². The van der Waals surface area contributed by atoms with E-state index in [9.17, 15) is 19.8 Å². The summed E-state index contributed by atoms with van der Waals surface area (Å²) in [4.78, 5) is 38.5. The minimum atomic E-state index is -0.954. The molecule has 2 aromatic carbocycles. The van der Waals surface area contributed by atoms with Gasteiger partial charge >= 0.3 is 0 Å². The van der Waals surface area contributed by atoms with E-state index in [2.05, 4.69) is 20.6 Å². The third kappa shape index (κ3) is 6.54. The van der Waals surface area contributed by atoms with Crippen LogP contribution in [-0.4, -0.2) is 74.3 Å². The van der Waals surface area contributed by atoms with Gasteiger partial charge in [0.05, 0.1) is 30.5 Å².